The molecule has 32 heavy (non-hydrogen) atoms. The molecular formula is C25H36N4O3. The van der Waals surface area contributed by atoms with E-state index >= 15 is 0 Å². The van der Waals surface area contributed by atoms with Crippen LogP contribution in [-0.2, 0) is 11.3 Å². The Hall–Kier alpha value is -2.77. The maximum Gasteiger partial charge on any atom is 0.191 e. The summed E-state index contributed by atoms with van der Waals surface area (Å²) in [6.07, 6.45) is 1.51. The van der Waals surface area contributed by atoms with Crippen LogP contribution in [0.1, 0.15) is 25.3 Å². The number of anilines is 1. The molecule has 0 saturated carbocycles. The summed E-state index contributed by atoms with van der Waals surface area (Å²) in [5, 5.41) is 17.1. The third-order valence-corrected chi connectivity index (χ3v) is 5.41. The summed E-state index contributed by atoms with van der Waals surface area (Å²) < 4.78 is 11.2. The first-order valence-electron chi connectivity index (χ1n) is 11.4. The number of para-hydroxylation sites is 2. The number of ether oxygens (including phenoxy) is 2. The summed E-state index contributed by atoms with van der Waals surface area (Å²) in [6, 6.07) is 18.4. The van der Waals surface area contributed by atoms with Gasteiger partial charge in [-0.3, -0.25) is 4.99 Å². The van der Waals surface area contributed by atoms with Crippen molar-refractivity contribution >= 4 is 11.6 Å². The Bertz CT molecular complexity index is 831. The number of methoxy groups -OCH3 is 1. The monoisotopic (exact) mass is 440 g/mol. The van der Waals surface area contributed by atoms with Crippen molar-refractivity contribution in [3.63, 3.8) is 0 Å². The topological polar surface area (TPSA) is 78.4 Å². The summed E-state index contributed by atoms with van der Waals surface area (Å²) >= 11 is 0. The van der Waals surface area contributed by atoms with Crippen molar-refractivity contribution in [3.05, 3.63) is 60.2 Å². The Morgan fingerprint density at radius 3 is 2.75 bits per heavy atom. The van der Waals surface area contributed by atoms with Crippen LogP contribution in [0.5, 0.6) is 5.75 Å². The first-order valence-corrected chi connectivity index (χ1v) is 11.4. The highest BCUT2D eigenvalue weighted by molar-refractivity contribution is 5.80. The molecule has 1 heterocycles. The van der Waals surface area contributed by atoms with E-state index < -0.39 is 6.10 Å². The lowest BCUT2D eigenvalue weighted by Gasteiger charge is -2.36. The van der Waals surface area contributed by atoms with Gasteiger partial charge in [-0.05, 0) is 37.5 Å². The van der Waals surface area contributed by atoms with E-state index in [9.17, 15) is 5.11 Å². The maximum absolute atomic E-state index is 10.3. The predicted octanol–water partition coefficient (Wildman–Crippen LogP) is 2.80. The molecule has 7 heteroatoms. The van der Waals surface area contributed by atoms with E-state index in [1.54, 1.807) is 7.11 Å². The minimum absolute atomic E-state index is 0.253. The van der Waals surface area contributed by atoms with Gasteiger partial charge in [-0.2, -0.15) is 0 Å². The minimum atomic E-state index is -0.648. The van der Waals surface area contributed by atoms with E-state index in [2.05, 4.69) is 26.6 Å². The summed E-state index contributed by atoms with van der Waals surface area (Å²) in [4.78, 5) is 6.94. The van der Waals surface area contributed by atoms with Crippen molar-refractivity contribution < 1.29 is 14.6 Å². The first-order chi connectivity index (χ1) is 15.7. The molecule has 0 radical (unpaired) electrons. The molecule has 1 saturated heterocycles. The molecule has 2 aromatic rings. The highest BCUT2D eigenvalue weighted by Crippen LogP contribution is 2.29. The molecule has 174 valence electrons. The van der Waals surface area contributed by atoms with E-state index in [-0.39, 0.29) is 19.2 Å². The van der Waals surface area contributed by atoms with E-state index in [1.807, 2.05) is 55.5 Å². The molecule has 2 atom stereocenters. The van der Waals surface area contributed by atoms with E-state index in [0.29, 0.717) is 6.61 Å². The number of hydrogen-bond donors (Lipinski definition) is 3. The molecule has 1 aliphatic heterocycles. The van der Waals surface area contributed by atoms with Gasteiger partial charge in [0.15, 0.2) is 5.96 Å². The number of nitrogens with zero attached hydrogens (tertiary/aromatic N) is 2. The van der Waals surface area contributed by atoms with Gasteiger partial charge >= 0.3 is 0 Å². The van der Waals surface area contributed by atoms with Crippen molar-refractivity contribution in [3.8, 4) is 5.75 Å². The van der Waals surface area contributed by atoms with E-state index in [4.69, 9.17) is 9.47 Å². The smallest absolute Gasteiger partial charge is 0.191 e. The normalized spacial score (nSPS) is 17.7. The number of piperidine rings is 1. The Kier molecular flexibility index (Phi) is 9.65. The summed E-state index contributed by atoms with van der Waals surface area (Å²) in [6.45, 7) is 5.70. The molecule has 0 amide bonds. The van der Waals surface area contributed by atoms with Gasteiger partial charge in [0, 0.05) is 25.7 Å². The van der Waals surface area contributed by atoms with Gasteiger partial charge in [-0.25, -0.2) is 0 Å². The van der Waals surface area contributed by atoms with Gasteiger partial charge in [0.1, 0.15) is 5.75 Å². The number of rotatable bonds is 10. The fraction of sp³-hybridized carbons (Fsp3) is 0.480. The first kappa shape index (κ1) is 23.9. The van der Waals surface area contributed by atoms with Crippen LogP contribution in [0.2, 0.25) is 0 Å². The lowest BCUT2D eigenvalue weighted by Crippen LogP contribution is -2.51. The summed E-state index contributed by atoms with van der Waals surface area (Å²) in [5.41, 5.74) is 2.21. The van der Waals surface area contributed by atoms with Crippen molar-refractivity contribution in [1.29, 1.82) is 0 Å². The molecule has 0 aromatic heterocycles. The Balaban J connectivity index is 1.50. The van der Waals surface area contributed by atoms with Crippen LogP contribution in [-0.4, -0.2) is 63.1 Å². The molecule has 0 bridgehead atoms. The highest BCUT2D eigenvalue weighted by atomic mass is 16.5. The zero-order chi connectivity index (χ0) is 22.6. The predicted molar refractivity (Wildman–Crippen MR) is 129 cm³/mol. The molecule has 3 rings (SSSR count). The number of aliphatic hydroxyl groups excluding tert-OH is 1. The largest absolute Gasteiger partial charge is 0.495 e. The molecule has 1 fully saturated rings. The Labute approximate surface area is 191 Å². The lowest BCUT2D eigenvalue weighted by molar-refractivity contribution is 0.0331. The number of guanidine groups is 1. The van der Waals surface area contributed by atoms with Crippen LogP contribution < -0.4 is 20.3 Å². The third kappa shape index (κ3) is 7.43. The van der Waals surface area contributed by atoms with Crippen LogP contribution in [0.15, 0.2) is 59.6 Å². The van der Waals surface area contributed by atoms with Gasteiger partial charge < -0.3 is 30.1 Å². The molecule has 2 unspecified atom stereocenters. The van der Waals surface area contributed by atoms with Crippen LogP contribution in [0, 0.1) is 0 Å². The third-order valence-electron chi connectivity index (χ3n) is 5.41. The number of aliphatic hydroxyl groups is 1. The lowest BCUT2D eigenvalue weighted by atomic mass is 10.0. The SMILES string of the molecule is CCNC(=NCC(O)COCc1ccccc1)NC1CCCN(c2ccccc2OC)C1. The molecule has 3 N–H and O–H groups in total. The van der Waals surface area contributed by atoms with Crippen LogP contribution >= 0.6 is 0 Å². The van der Waals surface area contributed by atoms with Gasteiger partial charge in [0.05, 0.1) is 38.7 Å². The van der Waals surface area contributed by atoms with Gasteiger partial charge in [-0.15, -0.1) is 0 Å². The second kappa shape index (κ2) is 12.9. The maximum atomic E-state index is 10.3. The average molecular weight is 441 g/mol. The standard InChI is InChI=1S/C25H36N4O3/c1-3-26-25(27-16-22(30)19-32-18-20-10-5-4-6-11-20)28-21-12-9-15-29(17-21)23-13-7-8-14-24(23)31-2/h4-8,10-11,13-14,21-22,30H,3,9,12,15-19H2,1-2H3,(H2,26,27,28). The molecule has 7 nitrogen and oxygen atoms in total. The zero-order valence-electron chi connectivity index (χ0n) is 19.2. The number of benzene rings is 2. The fourth-order valence-corrected chi connectivity index (χ4v) is 3.85. The summed E-state index contributed by atoms with van der Waals surface area (Å²) in [7, 11) is 1.71. The fourth-order valence-electron chi connectivity index (χ4n) is 3.85. The second-order valence-corrected chi connectivity index (χ2v) is 7.98. The van der Waals surface area contributed by atoms with Gasteiger partial charge in [0.25, 0.3) is 0 Å². The Morgan fingerprint density at radius 1 is 1.19 bits per heavy atom. The quantitative estimate of drug-likeness (QED) is 0.390. The molecule has 0 aliphatic carbocycles. The average Bonchev–Trinajstić information content (AvgIpc) is 2.83. The van der Waals surface area contributed by atoms with Crippen molar-refractivity contribution in [1.82, 2.24) is 10.6 Å². The molecule has 1 aliphatic rings. The van der Waals surface area contributed by atoms with Crippen LogP contribution in [0.25, 0.3) is 0 Å². The van der Waals surface area contributed by atoms with Crippen LogP contribution in [0.4, 0.5) is 5.69 Å². The van der Waals surface area contributed by atoms with Gasteiger partial charge in [0.2, 0.25) is 0 Å². The minimum Gasteiger partial charge on any atom is -0.495 e. The van der Waals surface area contributed by atoms with Gasteiger partial charge in [-0.1, -0.05) is 42.5 Å². The van der Waals surface area contributed by atoms with Crippen molar-refractivity contribution in [2.45, 2.75) is 38.5 Å². The molecule has 0 spiro atoms. The van der Waals surface area contributed by atoms with E-state index in [1.165, 1.54) is 0 Å². The van der Waals surface area contributed by atoms with Crippen molar-refractivity contribution in [2.75, 3.05) is 44.8 Å². The summed E-state index contributed by atoms with van der Waals surface area (Å²) in [5.74, 6) is 1.62. The van der Waals surface area contributed by atoms with Crippen molar-refractivity contribution in [2.24, 2.45) is 4.99 Å². The molecular weight excluding hydrogens is 404 g/mol. The number of nitrogens with one attached hydrogen (secondary N) is 2. The number of hydrogen-bond acceptors (Lipinski definition) is 5. The molecule has 2 aromatic carbocycles. The zero-order valence-corrected chi connectivity index (χ0v) is 19.2. The second-order valence-electron chi connectivity index (χ2n) is 7.98. The van der Waals surface area contributed by atoms with E-state index in [0.717, 1.165) is 55.4 Å². The van der Waals surface area contributed by atoms with Crippen LogP contribution in [0.3, 0.4) is 0 Å². The number of aliphatic imine (C=N–C) groups is 1. The highest BCUT2D eigenvalue weighted by Gasteiger charge is 2.23. The Morgan fingerprint density at radius 2 is 1.97 bits per heavy atom.